The number of nitrogens with one attached hydrogen (secondary N) is 1. The van der Waals surface area contributed by atoms with Crippen molar-refractivity contribution in [2.45, 2.75) is 25.6 Å². The lowest BCUT2D eigenvalue weighted by Gasteiger charge is -2.10. The van der Waals surface area contributed by atoms with Crippen molar-refractivity contribution in [3.63, 3.8) is 0 Å². The number of fused-ring (bicyclic) bond motifs is 1. The van der Waals surface area contributed by atoms with Crippen molar-refractivity contribution in [1.82, 2.24) is 24.6 Å². The molecule has 1 aliphatic heterocycles. The van der Waals surface area contributed by atoms with Gasteiger partial charge in [-0.05, 0) is 18.6 Å². The summed E-state index contributed by atoms with van der Waals surface area (Å²) < 4.78 is 31.2. The van der Waals surface area contributed by atoms with Gasteiger partial charge in [0.25, 0.3) is 5.56 Å². The van der Waals surface area contributed by atoms with E-state index in [-0.39, 0.29) is 41.9 Å². The van der Waals surface area contributed by atoms with Crippen LogP contribution in [0.5, 0.6) is 0 Å². The third kappa shape index (κ3) is 3.50. The zero-order valence-corrected chi connectivity index (χ0v) is 15.1. The van der Waals surface area contributed by atoms with Crippen LogP contribution in [0.1, 0.15) is 18.2 Å². The summed E-state index contributed by atoms with van der Waals surface area (Å²) in [7, 11) is -3.08. The largest absolute Gasteiger partial charge is 0.467 e. The summed E-state index contributed by atoms with van der Waals surface area (Å²) in [6.45, 7) is 0.0375. The number of hydrogen-bond acceptors (Lipinski definition) is 7. The van der Waals surface area contributed by atoms with Crippen LogP contribution in [0.25, 0.3) is 11.0 Å². The Morgan fingerprint density at radius 1 is 1.41 bits per heavy atom. The summed E-state index contributed by atoms with van der Waals surface area (Å²) in [5.74, 6) is 0.344. The number of nitrogens with zero attached hydrogens (tertiary/aromatic N) is 4. The maximum Gasteiger partial charge on any atom is 0.264 e. The highest BCUT2D eigenvalue weighted by atomic mass is 32.2. The fourth-order valence-electron chi connectivity index (χ4n) is 3.12. The molecule has 4 rings (SSSR count). The van der Waals surface area contributed by atoms with Crippen LogP contribution in [0.3, 0.4) is 0 Å². The summed E-state index contributed by atoms with van der Waals surface area (Å²) in [5, 5.41) is 7.07. The normalized spacial score (nSPS) is 18.7. The zero-order valence-electron chi connectivity index (χ0n) is 14.2. The molecule has 0 unspecified atom stereocenters. The van der Waals surface area contributed by atoms with Crippen LogP contribution in [0.2, 0.25) is 0 Å². The topological polar surface area (TPSA) is 129 Å². The Labute approximate surface area is 153 Å². The van der Waals surface area contributed by atoms with E-state index in [2.05, 4.69) is 15.4 Å². The fraction of sp³-hybridized carbons (Fsp3) is 0.375. The van der Waals surface area contributed by atoms with E-state index in [0.29, 0.717) is 17.8 Å². The number of carbonyl (C=O) groups is 1. The van der Waals surface area contributed by atoms with E-state index >= 15 is 0 Å². The molecular weight excluding hydrogens is 374 g/mol. The zero-order chi connectivity index (χ0) is 19.0. The molecule has 1 fully saturated rings. The number of aromatic nitrogens is 4. The van der Waals surface area contributed by atoms with Gasteiger partial charge in [-0.1, -0.05) is 0 Å². The minimum Gasteiger partial charge on any atom is -0.467 e. The number of amides is 1. The average Bonchev–Trinajstić information content (AvgIpc) is 3.35. The van der Waals surface area contributed by atoms with Gasteiger partial charge in [0.05, 0.1) is 36.6 Å². The van der Waals surface area contributed by atoms with Gasteiger partial charge in [-0.3, -0.25) is 14.2 Å². The molecule has 1 atom stereocenters. The van der Waals surface area contributed by atoms with E-state index in [1.807, 2.05) is 0 Å². The molecule has 1 saturated heterocycles. The van der Waals surface area contributed by atoms with Crippen molar-refractivity contribution in [2.75, 3.05) is 11.5 Å². The molecule has 1 N–H and O–H groups in total. The van der Waals surface area contributed by atoms with Gasteiger partial charge in [0.1, 0.15) is 24.0 Å². The minimum absolute atomic E-state index is 0.0102. The number of carbonyl (C=O) groups excluding carboxylic acids is 1. The second-order valence-electron chi connectivity index (χ2n) is 6.42. The van der Waals surface area contributed by atoms with Crippen molar-refractivity contribution in [1.29, 1.82) is 0 Å². The van der Waals surface area contributed by atoms with E-state index in [1.54, 1.807) is 12.1 Å². The Bertz CT molecular complexity index is 1150. The monoisotopic (exact) mass is 391 g/mol. The second-order valence-corrected chi connectivity index (χ2v) is 8.65. The number of sulfone groups is 1. The van der Waals surface area contributed by atoms with Crippen molar-refractivity contribution in [3.05, 3.63) is 47.0 Å². The quantitative estimate of drug-likeness (QED) is 0.641. The van der Waals surface area contributed by atoms with Gasteiger partial charge in [-0.2, -0.15) is 5.10 Å². The smallest absolute Gasteiger partial charge is 0.264 e. The standard InChI is InChI=1S/C16H17N5O5S/c22-14(17-6-12-2-1-4-26-12)8-20-10-18-15-13(16(20)23)7-19-21(15)11-3-5-27(24,25)9-11/h1-2,4,7,10-11H,3,5-6,8-9H2,(H,17,22)/t11-/m1/s1. The molecule has 3 aromatic heterocycles. The molecule has 142 valence electrons. The molecule has 0 bridgehead atoms. The van der Waals surface area contributed by atoms with Crippen LogP contribution in [0, 0.1) is 0 Å². The molecular formula is C16H17N5O5S. The van der Waals surface area contributed by atoms with Crippen molar-refractivity contribution in [2.24, 2.45) is 0 Å². The molecule has 0 aromatic carbocycles. The molecule has 3 aromatic rings. The summed E-state index contributed by atoms with van der Waals surface area (Å²) in [5.41, 5.74) is -0.0744. The van der Waals surface area contributed by atoms with E-state index in [0.717, 1.165) is 0 Å². The Hall–Kier alpha value is -2.95. The Balaban J connectivity index is 1.53. The molecule has 0 spiro atoms. The summed E-state index contributed by atoms with van der Waals surface area (Å²) >= 11 is 0. The SMILES string of the molecule is O=C(Cn1cnc2c(cnn2[C@@H]2CCS(=O)(=O)C2)c1=O)NCc1ccco1. The first-order chi connectivity index (χ1) is 12.9. The van der Waals surface area contributed by atoms with Crippen molar-refractivity contribution in [3.8, 4) is 0 Å². The Kier molecular flexibility index (Phi) is 4.30. The number of furan rings is 1. The molecule has 27 heavy (non-hydrogen) atoms. The molecule has 1 aliphatic rings. The number of hydrogen-bond donors (Lipinski definition) is 1. The van der Waals surface area contributed by atoms with Crippen LogP contribution < -0.4 is 10.9 Å². The molecule has 4 heterocycles. The molecule has 0 aliphatic carbocycles. The van der Waals surface area contributed by atoms with E-state index in [9.17, 15) is 18.0 Å². The Morgan fingerprint density at radius 2 is 2.26 bits per heavy atom. The lowest BCUT2D eigenvalue weighted by Crippen LogP contribution is -2.32. The first kappa shape index (κ1) is 17.5. The van der Waals surface area contributed by atoms with Gasteiger partial charge in [0.2, 0.25) is 5.91 Å². The van der Waals surface area contributed by atoms with Crippen molar-refractivity contribution < 1.29 is 17.6 Å². The second kappa shape index (κ2) is 6.65. The summed E-state index contributed by atoms with van der Waals surface area (Å²) in [6, 6.07) is 3.13. The highest BCUT2D eigenvalue weighted by Gasteiger charge is 2.31. The van der Waals surface area contributed by atoms with E-state index < -0.39 is 15.4 Å². The highest BCUT2D eigenvalue weighted by molar-refractivity contribution is 7.91. The maximum absolute atomic E-state index is 12.6. The molecule has 0 radical (unpaired) electrons. The fourth-order valence-corrected chi connectivity index (χ4v) is 4.82. The third-order valence-corrected chi connectivity index (χ3v) is 6.24. The van der Waals surface area contributed by atoms with Crippen LogP contribution in [-0.4, -0.2) is 45.2 Å². The molecule has 11 heteroatoms. The lowest BCUT2D eigenvalue weighted by atomic mass is 10.3. The summed E-state index contributed by atoms with van der Waals surface area (Å²) in [4.78, 5) is 28.9. The minimum atomic E-state index is -3.08. The lowest BCUT2D eigenvalue weighted by molar-refractivity contribution is -0.122. The molecule has 1 amide bonds. The van der Waals surface area contributed by atoms with Crippen LogP contribution >= 0.6 is 0 Å². The molecule has 0 saturated carbocycles. The maximum atomic E-state index is 12.6. The van der Waals surface area contributed by atoms with E-state index in [1.165, 1.54) is 28.0 Å². The summed E-state index contributed by atoms with van der Waals surface area (Å²) in [6.07, 6.45) is 4.60. The van der Waals surface area contributed by atoms with E-state index in [4.69, 9.17) is 4.42 Å². The predicted octanol–water partition coefficient (Wildman–Crippen LogP) is -0.138. The van der Waals surface area contributed by atoms with Gasteiger partial charge < -0.3 is 9.73 Å². The van der Waals surface area contributed by atoms with Crippen LogP contribution in [0.4, 0.5) is 0 Å². The molecule has 10 nitrogen and oxygen atoms in total. The third-order valence-electron chi connectivity index (χ3n) is 4.49. The van der Waals surface area contributed by atoms with Gasteiger partial charge in [0.15, 0.2) is 15.5 Å². The highest BCUT2D eigenvalue weighted by Crippen LogP contribution is 2.25. The predicted molar refractivity (Wildman–Crippen MR) is 94.7 cm³/mol. The van der Waals surface area contributed by atoms with Crippen molar-refractivity contribution >= 4 is 26.8 Å². The van der Waals surface area contributed by atoms with Gasteiger partial charge in [0, 0.05) is 0 Å². The Morgan fingerprint density at radius 3 is 2.96 bits per heavy atom. The van der Waals surface area contributed by atoms with Gasteiger partial charge >= 0.3 is 0 Å². The average molecular weight is 391 g/mol. The van der Waals surface area contributed by atoms with Gasteiger partial charge in [-0.15, -0.1) is 0 Å². The number of rotatable bonds is 5. The van der Waals surface area contributed by atoms with Crippen LogP contribution in [-0.2, 0) is 27.7 Å². The first-order valence-corrected chi connectivity index (χ1v) is 10.2. The first-order valence-electron chi connectivity index (χ1n) is 8.35. The van der Waals surface area contributed by atoms with Crippen LogP contribution in [0.15, 0.2) is 40.1 Å². The van der Waals surface area contributed by atoms with Gasteiger partial charge in [-0.25, -0.2) is 18.1 Å².